The summed E-state index contributed by atoms with van der Waals surface area (Å²) < 4.78 is 10.7. The fraction of sp³-hybridized carbons (Fsp3) is 0.462. The highest BCUT2D eigenvalue weighted by Crippen LogP contribution is 2.42. The molecule has 0 aliphatic heterocycles. The van der Waals surface area contributed by atoms with Gasteiger partial charge in [0.1, 0.15) is 21.6 Å². The first-order valence-corrected chi connectivity index (χ1v) is 7.35. The Morgan fingerprint density at radius 2 is 2.29 bits per heavy atom. The highest BCUT2D eigenvalue weighted by molar-refractivity contribution is 7.17. The van der Waals surface area contributed by atoms with Gasteiger partial charge in [-0.15, -0.1) is 11.3 Å². The molecule has 0 spiro atoms. The molecule has 2 rings (SSSR count). The third-order valence-electron chi connectivity index (χ3n) is 2.55. The van der Waals surface area contributed by atoms with Gasteiger partial charge in [-0.05, 0) is 20.8 Å². The minimum absolute atomic E-state index is 0.0208. The molecule has 2 aromatic rings. The van der Waals surface area contributed by atoms with Gasteiger partial charge in [0.05, 0.1) is 6.10 Å². The number of anilines is 2. The van der Waals surface area contributed by atoms with Crippen molar-refractivity contribution in [3.05, 3.63) is 16.6 Å². The lowest BCUT2D eigenvalue weighted by Crippen LogP contribution is -2.10. The number of aryl methyl sites for hydroxylation is 1. The number of nitrogens with two attached hydrogens (primary N) is 1. The molecule has 0 unspecified atom stereocenters. The second kappa shape index (κ2) is 6.45. The molecule has 0 fully saturated rings. The van der Waals surface area contributed by atoms with Crippen molar-refractivity contribution in [2.24, 2.45) is 0 Å². The Balaban J connectivity index is 2.06. The lowest BCUT2D eigenvalue weighted by atomic mass is 10.3. The normalized spacial score (nSPS) is 10.6. The van der Waals surface area contributed by atoms with Gasteiger partial charge >= 0.3 is 0 Å². The molecule has 3 N–H and O–H groups in total. The van der Waals surface area contributed by atoms with Crippen molar-refractivity contribution >= 4 is 22.0 Å². The van der Waals surface area contributed by atoms with E-state index in [1.165, 1.54) is 11.3 Å². The summed E-state index contributed by atoms with van der Waals surface area (Å²) in [5.74, 6) is 1.71. The molecule has 0 aliphatic carbocycles. The van der Waals surface area contributed by atoms with Crippen molar-refractivity contribution in [1.82, 2.24) is 10.1 Å². The van der Waals surface area contributed by atoms with E-state index in [2.05, 4.69) is 21.5 Å². The monoisotopic (exact) mass is 307 g/mol. The van der Waals surface area contributed by atoms with Gasteiger partial charge in [-0.3, -0.25) is 0 Å². The average molecular weight is 307 g/mol. The molecule has 21 heavy (non-hydrogen) atoms. The predicted octanol–water partition coefficient (Wildman–Crippen LogP) is 2.34. The summed E-state index contributed by atoms with van der Waals surface area (Å²) in [6.07, 6.45) is 0.564. The zero-order chi connectivity index (χ0) is 15.4. The van der Waals surface area contributed by atoms with Crippen LogP contribution in [0.5, 0.6) is 5.75 Å². The smallest absolute Gasteiger partial charge is 0.228 e. The maximum atomic E-state index is 9.06. The van der Waals surface area contributed by atoms with Crippen molar-refractivity contribution in [3.63, 3.8) is 0 Å². The van der Waals surface area contributed by atoms with Crippen LogP contribution in [0.4, 0.5) is 10.7 Å². The largest absolute Gasteiger partial charge is 0.486 e. The minimum Gasteiger partial charge on any atom is -0.486 e. The number of nitrogens with one attached hydrogen (secondary N) is 1. The SMILES string of the molecule is Cc1noc(CCNc2sc(C#N)c(N)c2OC(C)C)n1. The number of thiophene rings is 1. The van der Waals surface area contributed by atoms with Crippen LogP contribution in [0.1, 0.15) is 30.4 Å². The van der Waals surface area contributed by atoms with Crippen LogP contribution in [0.15, 0.2) is 4.52 Å². The number of rotatable bonds is 6. The van der Waals surface area contributed by atoms with Gasteiger partial charge < -0.3 is 20.3 Å². The van der Waals surface area contributed by atoms with E-state index >= 15 is 0 Å². The van der Waals surface area contributed by atoms with Crippen LogP contribution in [0, 0.1) is 18.3 Å². The molecule has 0 aromatic carbocycles. The number of hydrogen-bond donors (Lipinski definition) is 2. The number of nitrogen functional groups attached to an aromatic ring is 1. The standard InChI is InChI=1S/C13H17N5O2S/c1-7(2)19-12-11(15)9(6-14)21-13(12)16-5-4-10-17-8(3)18-20-10/h7,16H,4-5,15H2,1-3H3. The number of aromatic nitrogens is 2. The Bertz CT molecular complexity index is 656. The second-order valence-corrected chi connectivity index (χ2v) is 5.71. The zero-order valence-electron chi connectivity index (χ0n) is 12.1. The average Bonchev–Trinajstić information content (AvgIpc) is 2.96. The number of hydrogen-bond acceptors (Lipinski definition) is 8. The van der Waals surface area contributed by atoms with E-state index < -0.39 is 0 Å². The van der Waals surface area contributed by atoms with Crippen LogP contribution in [-0.2, 0) is 6.42 Å². The van der Waals surface area contributed by atoms with E-state index in [1.54, 1.807) is 6.92 Å². The Labute approximate surface area is 126 Å². The highest BCUT2D eigenvalue weighted by Gasteiger charge is 2.18. The Morgan fingerprint density at radius 3 is 2.86 bits per heavy atom. The summed E-state index contributed by atoms with van der Waals surface area (Å²) in [7, 11) is 0. The van der Waals surface area contributed by atoms with Crippen LogP contribution in [0.3, 0.4) is 0 Å². The van der Waals surface area contributed by atoms with Crippen molar-refractivity contribution in [3.8, 4) is 11.8 Å². The first-order chi connectivity index (χ1) is 10.0. The molecule has 8 heteroatoms. The third kappa shape index (κ3) is 3.64. The molecule has 0 saturated carbocycles. The zero-order valence-corrected chi connectivity index (χ0v) is 13.0. The molecule has 0 radical (unpaired) electrons. The summed E-state index contributed by atoms with van der Waals surface area (Å²) in [5.41, 5.74) is 6.31. The van der Waals surface area contributed by atoms with E-state index in [0.717, 1.165) is 5.00 Å². The van der Waals surface area contributed by atoms with Crippen LogP contribution in [-0.4, -0.2) is 22.8 Å². The quantitative estimate of drug-likeness (QED) is 0.842. The summed E-state index contributed by atoms with van der Waals surface area (Å²) in [6, 6.07) is 2.07. The first kappa shape index (κ1) is 15.1. The minimum atomic E-state index is -0.0208. The number of nitrogens with zero attached hydrogens (tertiary/aromatic N) is 3. The fourth-order valence-electron chi connectivity index (χ4n) is 1.71. The van der Waals surface area contributed by atoms with Crippen molar-refractivity contribution in [2.45, 2.75) is 33.3 Å². The van der Waals surface area contributed by atoms with Gasteiger partial charge in [0.2, 0.25) is 5.89 Å². The van der Waals surface area contributed by atoms with Crippen molar-refractivity contribution < 1.29 is 9.26 Å². The Kier molecular flexibility index (Phi) is 4.65. The molecule has 0 bridgehead atoms. The maximum Gasteiger partial charge on any atom is 0.228 e. The Hall–Kier alpha value is -2.27. The number of nitriles is 1. The highest BCUT2D eigenvalue weighted by atomic mass is 32.1. The van der Waals surface area contributed by atoms with Crippen molar-refractivity contribution in [2.75, 3.05) is 17.6 Å². The maximum absolute atomic E-state index is 9.06. The van der Waals surface area contributed by atoms with Crippen LogP contribution in [0.25, 0.3) is 0 Å². The molecule has 112 valence electrons. The second-order valence-electron chi connectivity index (χ2n) is 4.69. The summed E-state index contributed by atoms with van der Waals surface area (Å²) in [4.78, 5) is 4.58. The molecule has 0 atom stereocenters. The van der Waals surface area contributed by atoms with E-state index in [4.69, 9.17) is 20.3 Å². The fourth-order valence-corrected chi connectivity index (χ4v) is 2.58. The molecule has 2 heterocycles. The molecule has 0 amide bonds. The van der Waals surface area contributed by atoms with Crippen LogP contribution >= 0.6 is 11.3 Å². The topological polar surface area (TPSA) is 110 Å². The molecule has 7 nitrogen and oxygen atoms in total. The lowest BCUT2D eigenvalue weighted by molar-refractivity contribution is 0.246. The van der Waals surface area contributed by atoms with Gasteiger partial charge in [0.15, 0.2) is 11.6 Å². The molecule has 0 aliphatic rings. The van der Waals surface area contributed by atoms with E-state index in [-0.39, 0.29) is 6.10 Å². The predicted molar refractivity (Wildman–Crippen MR) is 80.4 cm³/mol. The van der Waals surface area contributed by atoms with Gasteiger partial charge in [0.25, 0.3) is 0 Å². The molecule has 0 saturated heterocycles. The van der Waals surface area contributed by atoms with Gasteiger partial charge in [-0.1, -0.05) is 5.16 Å². The summed E-state index contributed by atoms with van der Waals surface area (Å²) >= 11 is 1.28. The first-order valence-electron chi connectivity index (χ1n) is 6.53. The Morgan fingerprint density at radius 1 is 1.52 bits per heavy atom. The van der Waals surface area contributed by atoms with Gasteiger partial charge in [0, 0.05) is 13.0 Å². The van der Waals surface area contributed by atoms with Crippen LogP contribution < -0.4 is 15.8 Å². The molecular weight excluding hydrogens is 290 g/mol. The van der Waals surface area contributed by atoms with E-state index in [9.17, 15) is 0 Å². The molecule has 2 aromatic heterocycles. The van der Waals surface area contributed by atoms with Crippen molar-refractivity contribution in [1.29, 1.82) is 5.26 Å². The summed E-state index contributed by atoms with van der Waals surface area (Å²) in [6.45, 7) is 6.18. The third-order valence-corrected chi connectivity index (χ3v) is 3.60. The van der Waals surface area contributed by atoms with E-state index in [1.807, 2.05) is 13.8 Å². The number of ether oxygens (including phenoxy) is 1. The molecular formula is C13H17N5O2S. The van der Waals surface area contributed by atoms with Gasteiger partial charge in [-0.2, -0.15) is 10.2 Å². The van der Waals surface area contributed by atoms with Gasteiger partial charge in [-0.25, -0.2) is 0 Å². The van der Waals surface area contributed by atoms with Crippen LogP contribution in [0.2, 0.25) is 0 Å². The lowest BCUT2D eigenvalue weighted by Gasteiger charge is -2.12. The van der Waals surface area contributed by atoms with E-state index in [0.29, 0.717) is 41.0 Å². The summed E-state index contributed by atoms with van der Waals surface area (Å²) in [5, 5.41) is 16.7.